The van der Waals surface area contributed by atoms with Gasteiger partial charge in [-0.1, -0.05) is 15.6 Å². The fraction of sp³-hybridized carbons (Fsp3) is 0.250. The Morgan fingerprint density at radius 2 is 0.741 bits per heavy atom. The molecule has 54 heavy (non-hydrogen) atoms. The summed E-state index contributed by atoms with van der Waals surface area (Å²) in [7, 11) is 0. The average Bonchev–Trinajstić information content (AvgIpc) is 3.93. The van der Waals surface area contributed by atoms with Crippen LogP contribution in [0.3, 0.4) is 0 Å². The maximum atomic E-state index is 14.5. The summed E-state index contributed by atoms with van der Waals surface area (Å²) in [5, 5.41) is 52.5. The number of nitrogens with zero attached hydrogens (tertiary/aromatic N) is 12. The van der Waals surface area contributed by atoms with Crippen LogP contribution in [0, 0.1) is 20.8 Å². The Hall–Kier alpha value is -6.63. The van der Waals surface area contributed by atoms with Crippen LogP contribution in [0.2, 0.25) is 0 Å². The zero-order valence-corrected chi connectivity index (χ0v) is 29.6. The summed E-state index contributed by atoms with van der Waals surface area (Å²) >= 11 is 0. The molecular weight excluding hydrogens is 696 g/mol. The SMILES string of the molecule is Cc1cc(-n2cc(CCO)nn2)ccc1-n1c(=O)n(-c2ccc(-n3cc(CCO)nn3)cc2C)c(=O)n(-c2ccc(-n3cc(CCO)nn3)cc2C)c1=O. The topological polar surface area (TPSA) is 219 Å². The Bertz CT molecular complexity index is 2360. The minimum Gasteiger partial charge on any atom is -0.396 e. The van der Waals surface area contributed by atoms with Gasteiger partial charge in [0.25, 0.3) is 0 Å². The van der Waals surface area contributed by atoms with Crippen LogP contribution >= 0.6 is 0 Å². The summed E-state index contributed by atoms with van der Waals surface area (Å²) in [4.78, 5) is 43.5. The molecule has 0 atom stereocenters. The van der Waals surface area contributed by atoms with E-state index < -0.39 is 17.1 Å². The molecule has 18 heteroatoms. The van der Waals surface area contributed by atoms with Crippen molar-refractivity contribution in [2.75, 3.05) is 19.8 Å². The van der Waals surface area contributed by atoms with Gasteiger partial charge in [-0.05, 0) is 92.1 Å². The molecule has 276 valence electrons. The standard InChI is InChI=1S/C36H36N12O6/c1-22-16-28(43-19-25(10-13-49)37-40-43)4-7-31(22)46-34(52)47(32-8-5-29(17-23(32)2)44-20-26(11-14-50)38-41-44)36(54)48(35(46)53)33-9-6-30(18-24(33)3)45-21-27(12-15-51)39-42-45/h4-9,16-21,49-51H,10-15H2,1-3H3. The Morgan fingerprint density at radius 3 is 0.981 bits per heavy atom. The number of hydrogen-bond donors (Lipinski definition) is 3. The summed E-state index contributed by atoms with van der Waals surface area (Å²) in [6.07, 6.45) is 6.05. The van der Waals surface area contributed by atoms with E-state index in [2.05, 4.69) is 30.9 Å². The molecule has 0 bridgehead atoms. The third kappa shape index (κ3) is 6.60. The molecule has 4 aromatic heterocycles. The van der Waals surface area contributed by atoms with E-state index in [4.69, 9.17) is 0 Å². The average molecular weight is 733 g/mol. The van der Waals surface area contributed by atoms with Gasteiger partial charge in [0.1, 0.15) is 0 Å². The minimum absolute atomic E-state index is 0.0794. The predicted octanol–water partition coefficient (Wildman–Crippen LogP) is 0.411. The summed E-state index contributed by atoms with van der Waals surface area (Å²) in [5.41, 5.74) is 3.33. The molecule has 0 amide bonds. The van der Waals surface area contributed by atoms with Crippen molar-refractivity contribution < 1.29 is 15.3 Å². The van der Waals surface area contributed by atoms with Crippen LogP contribution in [0.4, 0.5) is 0 Å². The van der Waals surface area contributed by atoms with Gasteiger partial charge in [-0.25, -0.2) is 42.1 Å². The molecule has 0 radical (unpaired) electrons. The minimum atomic E-state index is -0.877. The lowest BCUT2D eigenvalue weighted by Gasteiger charge is -2.18. The Morgan fingerprint density at radius 1 is 0.463 bits per heavy atom. The number of rotatable bonds is 12. The fourth-order valence-electron chi connectivity index (χ4n) is 6.22. The first-order chi connectivity index (χ1) is 26.1. The quantitative estimate of drug-likeness (QED) is 0.156. The van der Waals surface area contributed by atoms with Gasteiger partial charge in [0, 0.05) is 39.1 Å². The molecule has 4 heterocycles. The summed E-state index contributed by atoms with van der Waals surface area (Å²) in [5.74, 6) is 0. The highest BCUT2D eigenvalue weighted by Gasteiger charge is 2.23. The molecule has 0 saturated carbocycles. The molecule has 0 spiro atoms. The van der Waals surface area contributed by atoms with Crippen LogP contribution in [0.25, 0.3) is 34.1 Å². The van der Waals surface area contributed by atoms with Crippen molar-refractivity contribution in [3.8, 4) is 34.1 Å². The molecule has 0 aliphatic carbocycles. The fourth-order valence-corrected chi connectivity index (χ4v) is 6.22. The van der Waals surface area contributed by atoms with E-state index in [1.54, 1.807) is 94.0 Å². The van der Waals surface area contributed by atoms with Crippen molar-refractivity contribution in [3.05, 3.63) is 138 Å². The molecule has 3 N–H and O–H groups in total. The molecule has 3 aromatic carbocycles. The predicted molar refractivity (Wildman–Crippen MR) is 195 cm³/mol. The van der Waals surface area contributed by atoms with E-state index >= 15 is 0 Å². The van der Waals surface area contributed by atoms with E-state index in [0.717, 1.165) is 13.7 Å². The van der Waals surface area contributed by atoms with Gasteiger partial charge in [0.15, 0.2) is 0 Å². The number of benzene rings is 3. The lowest BCUT2D eigenvalue weighted by molar-refractivity contribution is 0.298. The van der Waals surface area contributed by atoms with E-state index in [1.165, 1.54) is 14.0 Å². The van der Waals surface area contributed by atoms with Gasteiger partial charge in [0.05, 0.1) is 69.8 Å². The molecule has 0 aliphatic rings. The van der Waals surface area contributed by atoms with E-state index in [-0.39, 0.29) is 36.9 Å². The summed E-state index contributed by atoms with van der Waals surface area (Å²) < 4.78 is 7.50. The van der Waals surface area contributed by atoms with Crippen LogP contribution in [-0.2, 0) is 19.3 Å². The molecule has 7 aromatic rings. The smallest absolute Gasteiger partial charge is 0.345 e. The molecule has 0 fully saturated rings. The number of aromatic nitrogens is 12. The van der Waals surface area contributed by atoms with Crippen molar-refractivity contribution in [2.24, 2.45) is 0 Å². The summed E-state index contributed by atoms with van der Waals surface area (Å²) in [6, 6.07) is 15.1. The van der Waals surface area contributed by atoms with E-state index in [9.17, 15) is 29.7 Å². The van der Waals surface area contributed by atoms with Gasteiger partial charge in [-0.15, -0.1) is 15.3 Å². The van der Waals surface area contributed by atoms with E-state index in [0.29, 0.717) is 70.1 Å². The van der Waals surface area contributed by atoms with Crippen molar-refractivity contribution in [2.45, 2.75) is 40.0 Å². The molecule has 18 nitrogen and oxygen atoms in total. The van der Waals surface area contributed by atoms with Crippen molar-refractivity contribution >= 4 is 0 Å². The van der Waals surface area contributed by atoms with Crippen LogP contribution < -0.4 is 17.1 Å². The van der Waals surface area contributed by atoms with Crippen molar-refractivity contribution in [1.29, 1.82) is 0 Å². The van der Waals surface area contributed by atoms with Crippen LogP contribution in [-0.4, -0.2) is 93.8 Å². The van der Waals surface area contributed by atoms with E-state index in [1.807, 2.05) is 0 Å². The number of aliphatic hydroxyl groups excluding tert-OH is 3. The van der Waals surface area contributed by atoms with Gasteiger partial charge < -0.3 is 15.3 Å². The summed E-state index contributed by atoms with van der Waals surface area (Å²) in [6.45, 7) is 4.98. The maximum absolute atomic E-state index is 14.5. The first-order valence-corrected chi connectivity index (χ1v) is 17.0. The van der Waals surface area contributed by atoms with Crippen molar-refractivity contribution in [1.82, 2.24) is 58.7 Å². The molecule has 0 saturated heterocycles. The molecular formula is C36H36N12O6. The van der Waals surface area contributed by atoms with Crippen LogP contribution in [0.5, 0.6) is 0 Å². The van der Waals surface area contributed by atoms with Gasteiger partial charge in [-0.2, -0.15) is 0 Å². The monoisotopic (exact) mass is 732 g/mol. The third-order valence-electron chi connectivity index (χ3n) is 8.93. The van der Waals surface area contributed by atoms with Crippen LogP contribution in [0.15, 0.2) is 87.6 Å². The number of hydrogen-bond acceptors (Lipinski definition) is 12. The second-order valence-electron chi connectivity index (χ2n) is 12.7. The third-order valence-corrected chi connectivity index (χ3v) is 8.93. The largest absolute Gasteiger partial charge is 0.396 e. The van der Waals surface area contributed by atoms with Crippen molar-refractivity contribution in [3.63, 3.8) is 0 Å². The number of aliphatic hydroxyl groups is 3. The Labute approximate surface area is 306 Å². The normalized spacial score (nSPS) is 11.4. The molecule has 0 aliphatic heterocycles. The Kier molecular flexibility index (Phi) is 9.79. The second-order valence-corrected chi connectivity index (χ2v) is 12.7. The van der Waals surface area contributed by atoms with Gasteiger partial charge in [0.2, 0.25) is 0 Å². The lowest BCUT2D eigenvalue weighted by atomic mass is 10.1. The highest BCUT2D eigenvalue weighted by Crippen LogP contribution is 2.21. The zero-order chi connectivity index (χ0) is 38.1. The second kappa shape index (κ2) is 14.8. The molecule has 0 unspecified atom stereocenters. The van der Waals surface area contributed by atoms with Gasteiger partial charge in [-0.3, -0.25) is 0 Å². The highest BCUT2D eigenvalue weighted by molar-refractivity contribution is 5.52. The first kappa shape index (κ1) is 35.8. The maximum Gasteiger partial charge on any atom is 0.345 e. The molecule has 7 rings (SSSR count). The Balaban J connectivity index is 1.41. The lowest BCUT2D eigenvalue weighted by Crippen LogP contribution is -2.53. The number of aryl methyl sites for hydroxylation is 3. The first-order valence-electron chi connectivity index (χ1n) is 17.0. The highest BCUT2D eigenvalue weighted by atomic mass is 16.3. The van der Waals surface area contributed by atoms with Gasteiger partial charge >= 0.3 is 17.1 Å². The zero-order valence-electron chi connectivity index (χ0n) is 29.6. The van der Waals surface area contributed by atoms with Crippen LogP contribution in [0.1, 0.15) is 33.8 Å².